The van der Waals surface area contributed by atoms with E-state index in [0.29, 0.717) is 16.6 Å². The van der Waals surface area contributed by atoms with Crippen LogP contribution >= 0.6 is 0 Å². The summed E-state index contributed by atoms with van der Waals surface area (Å²) in [6, 6.07) is 1.98. The van der Waals surface area contributed by atoms with E-state index < -0.39 is 0 Å². The van der Waals surface area contributed by atoms with E-state index in [1.165, 1.54) is 12.8 Å². The van der Waals surface area contributed by atoms with Crippen LogP contribution in [0, 0.1) is 5.92 Å². The number of hydrogen-bond donors (Lipinski definition) is 3. The quantitative estimate of drug-likeness (QED) is 0.557. The predicted octanol–water partition coefficient (Wildman–Crippen LogP) is 1.20. The fraction of sp³-hybridized carbons (Fsp3) is 0.550. The second-order valence-corrected chi connectivity index (χ2v) is 8.11. The van der Waals surface area contributed by atoms with Crippen molar-refractivity contribution in [2.24, 2.45) is 5.92 Å². The third-order valence-electron chi connectivity index (χ3n) is 6.14. The summed E-state index contributed by atoms with van der Waals surface area (Å²) >= 11 is 0. The van der Waals surface area contributed by atoms with Crippen molar-refractivity contribution in [2.75, 3.05) is 32.7 Å². The lowest BCUT2D eigenvalue weighted by molar-refractivity contribution is 0.186. The van der Waals surface area contributed by atoms with Crippen molar-refractivity contribution >= 4 is 21.9 Å². The molecule has 3 aromatic heterocycles. The van der Waals surface area contributed by atoms with Crippen molar-refractivity contribution in [1.29, 1.82) is 0 Å². The minimum absolute atomic E-state index is 0.0861. The van der Waals surface area contributed by atoms with Gasteiger partial charge >= 0.3 is 5.69 Å². The molecule has 0 bridgehead atoms. The van der Waals surface area contributed by atoms with Crippen LogP contribution in [0.1, 0.15) is 31.7 Å². The fourth-order valence-corrected chi connectivity index (χ4v) is 4.36. The van der Waals surface area contributed by atoms with E-state index in [1.54, 1.807) is 17.0 Å². The summed E-state index contributed by atoms with van der Waals surface area (Å²) in [5.74, 6) is 0.908. The van der Waals surface area contributed by atoms with Gasteiger partial charge in [0.05, 0.1) is 10.9 Å². The molecule has 1 aliphatic carbocycles. The van der Waals surface area contributed by atoms with Crippen molar-refractivity contribution in [3.8, 4) is 0 Å². The predicted molar refractivity (Wildman–Crippen MR) is 109 cm³/mol. The van der Waals surface area contributed by atoms with E-state index in [-0.39, 0.29) is 17.3 Å². The van der Waals surface area contributed by atoms with Crippen LogP contribution in [-0.4, -0.2) is 57.1 Å². The lowest BCUT2D eigenvalue weighted by atomic mass is 10.0. The summed E-state index contributed by atoms with van der Waals surface area (Å²) in [6.45, 7) is 5.15. The van der Waals surface area contributed by atoms with Gasteiger partial charge < -0.3 is 15.2 Å². The second kappa shape index (κ2) is 7.18. The summed E-state index contributed by atoms with van der Waals surface area (Å²) in [5.41, 5.74) is 0.705. The Bertz CT molecular complexity index is 1100. The molecule has 1 saturated carbocycles. The van der Waals surface area contributed by atoms with Crippen LogP contribution in [0.5, 0.6) is 0 Å². The summed E-state index contributed by atoms with van der Waals surface area (Å²) in [6.07, 6.45) is 7.91. The molecule has 4 heterocycles. The number of pyridine rings is 1. The Kier molecular flexibility index (Phi) is 4.52. The van der Waals surface area contributed by atoms with E-state index in [1.807, 2.05) is 6.07 Å². The molecule has 0 atom stereocenters. The van der Waals surface area contributed by atoms with Crippen LogP contribution in [0.25, 0.3) is 21.9 Å². The molecule has 0 radical (unpaired) electrons. The number of rotatable bonds is 6. The van der Waals surface area contributed by atoms with Crippen molar-refractivity contribution in [3.63, 3.8) is 0 Å². The number of hydrogen-bond acceptors (Lipinski definition) is 5. The van der Waals surface area contributed by atoms with Crippen LogP contribution in [0.3, 0.4) is 0 Å². The molecule has 1 saturated heterocycles. The maximum absolute atomic E-state index is 12.7. The van der Waals surface area contributed by atoms with E-state index in [2.05, 4.69) is 25.2 Å². The van der Waals surface area contributed by atoms with Gasteiger partial charge in [-0.2, -0.15) is 0 Å². The highest BCUT2D eigenvalue weighted by Gasteiger charge is 2.25. The Morgan fingerprint density at radius 1 is 1.14 bits per heavy atom. The van der Waals surface area contributed by atoms with Gasteiger partial charge in [-0.25, -0.2) is 9.78 Å². The Labute approximate surface area is 162 Å². The van der Waals surface area contributed by atoms with Gasteiger partial charge in [0.2, 0.25) is 0 Å². The van der Waals surface area contributed by atoms with E-state index in [4.69, 9.17) is 0 Å². The average molecular weight is 382 g/mol. The summed E-state index contributed by atoms with van der Waals surface area (Å²) in [5, 5.41) is 4.84. The molecule has 0 amide bonds. The topological polar surface area (TPSA) is 98.8 Å². The number of nitrogens with zero attached hydrogens (tertiary/aromatic N) is 3. The summed E-state index contributed by atoms with van der Waals surface area (Å²) < 4.78 is 1.79. The number of fused-ring (bicyclic) bond motifs is 3. The number of likely N-dealkylation sites (tertiary alicyclic amines) is 1. The van der Waals surface area contributed by atoms with Crippen LogP contribution in [0.15, 0.2) is 28.0 Å². The van der Waals surface area contributed by atoms with Gasteiger partial charge in [0.1, 0.15) is 5.65 Å². The molecular weight excluding hydrogens is 356 g/mol. The van der Waals surface area contributed by atoms with Gasteiger partial charge in [-0.1, -0.05) is 0 Å². The normalized spacial score (nSPS) is 19.0. The lowest BCUT2D eigenvalue weighted by Gasteiger charge is -2.33. The van der Waals surface area contributed by atoms with Crippen LogP contribution in [0.2, 0.25) is 0 Å². The largest absolute Gasteiger partial charge is 0.346 e. The molecule has 8 nitrogen and oxygen atoms in total. The molecule has 8 heteroatoms. The van der Waals surface area contributed by atoms with E-state index in [0.717, 1.165) is 56.9 Å². The first-order valence-corrected chi connectivity index (χ1v) is 10.2. The zero-order chi connectivity index (χ0) is 19.1. The molecule has 2 aliphatic rings. The Balaban J connectivity index is 1.37. The number of H-pyrrole nitrogens is 2. The van der Waals surface area contributed by atoms with Crippen molar-refractivity contribution in [1.82, 2.24) is 29.7 Å². The SMILES string of the molecule is O=c1[nH]c(=O)n(C2CCN(CCNCC3CC3)CC2)c2c1cnc1[nH]ccc12. The Morgan fingerprint density at radius 2 is 1.96 bits per heavy atom. The summed E-state index contributed by atoms with van der Waals surface area (Å²) in [4.78, 5) is 37.4. The standard InChI is InChI=1S/C20H26N6O2/c27-19-16-12-23-18-15(3-6-22-18)17(16)26(20(28)24-19)14-4-8-25(9-5-14)10-7-21-11-13-1-2-13/h3,6,12-14,21H,1-2,4-5,7-11H2,(H,22,23)(H,24,27,28). The molecule has 0 aromatic carbocycles. The highest BCUT2D eigenvalue weighted by Crippen LogP contribution is 2.28. The number of nitrogens with one attached hydrogen (secondary N) is 3. The van der Waals surface area contributed by atoms with E-state index in [9.17, 15) is 9.59 Å². The van der Waals surface area contributed by atoms with Crippen LogP contribution in [0.4, 0.5) is 0 Å². The van der Waals surface area contributed by atoms with Gasteiger partial charge in [0, 0.05) is 50.0 Å². The van der Waals surface area contributed by atoms with Gasteiger partial charge in [0.25, 0.3) is 5.56 Å². The third kappa shape index (κ3) is 3.27. The van der Waals surface area contributed by atoms with Gasteiger partial charge in [-0.3, -0.25) is 14.3 Å². The lowest BCUT2D eigenvalue weighted by Crippen LogP contribution is -2.42. The second-order valence-electron chi connectivity index (χ2n) is 8.11. The molecule has 2 fully saturated rings. The minimum atomic E-state index is -0.369. The minimum Gasteiger partial charge on any atom is -0.346 e. The van der Waals surface area contributed by atoms with E-state index >= 15 is 0 Å². The smallest absolute Gasteiger partial charge is 0.329 e. The maximum Gasteiger partial charge on any atom is 0.329 e. The molecule has 28 heavy (non-hydrogen) atoms. The highest BCUT2D eigenvalue weighted by molar-refractivity contribution is 6.01. The van der Waals surface area contributed by atoms with Crippen molar-refractivity contribution in [3.05, 3.63) is 39.3 Å². The first-order chi connectivity index (χ1) is 13.7. The molecular formula is C20H26N6O2. The van der Waals surface area contributed by atoms with Gasteiger partial charge in [-0.15, -0.1) is 0 Å². The Hall–Kier alpha value is -2.45. The highest BCUT2D eigenvalue weighted by atomic mass is 16.2. The van der Waals surface area contributed by atoms with Crippen LogP contribution in [-0.2, 0) is 0 Å². The zero-order valence-electron chi connectivity index (χ0n) is 15.9. The number of piperidine rings is 1. The average Bonchev–Trinajstić information content (AvgIpc) is 3.40. The first kappa shape index (κ1) is 17.6. The van der Waals surface area contributed by atoms with Crippen molar-refractivity contribution < 1.29 is 0 Å². The molecule has 3 aromatic rings. The molecule has 5 rings (SSSR count). The van der Waals surface area contributed by atoms with Crippen molar-refractivity contribution in [2.45, 2.75) is 31.7 Å². The monoisotopic (exact) mass is 382 g/mol. The van der Waals surface area contributed by atoms with Gasteiger partial charge in [-0.05, 0) is 44.2 Å². The first-order valence-electron chi connectivity index (χ1n) is 10.2. The third-order valence-corrected chi connectivity index (χ3v) is 6.14. The molecule has 0 spiro atoms. The number of aromatic amines is 2. The number of aromatic nitrogens is 4. The molecule has 148 valence electrons. The molecule has 3 N–H and O–H groups in total. The zero-order valence-corrected chi connectivity index (χ0v) is 15.9. The fourth-order valence-electron chi connectivity index (χ4n) is 4.36. The maximum atomic E-state index is 12.7. The summed E-state index contributed by atoms with van der Waals surface area (Å²) in [7, 11) is 0. The Morgan fingerprint density at radius 3 is 2.75 bits per heavy atom. The molecule has 1 aliphatic heterocycles. The van der Waals surface area contributed by atoms with Crippen LogP contribution < -0.4 is 16.6 Å². The molecule has 0 unspecified atom stereocenters. The van der Waals surface area contributed by atoms with Gasteiger partial charge in [0.15, 0.2) is 0 Å².